The fourth-order valence-electron chi connectivity index (χ4n) is 1.00. The van der Waals surface area contributed by atoms with Crippen LogP contribution in [0.4, 0.5) is 13.6 Å². The molecule has 5 heteroatoms. The fourth-order valence-corrected chi connectivity index (χ4v) is 1.00. The number of carbonyl (C=O) groups excluding carboxylic acids is 1. The molecule has 0 heterocycles. The molecule has 0 spiro atoms. The van der Waals surface area contributed by atoms with Gasteiger partial charge in [-0.15, -0.1) is 6.58 Å². The van der Waals surface area contributed by atoms with Crippen molar-refractivity contribution in [3.63, 3.8) is 0 Å². The third-order valence-electron chi connectivity index (χ3n) is 1.80. The summed E-state index contributed by atoms with van der Waals surface area (Å²) in [6.07, 6.45) is -1.91. The van der Waals surface area contributed by atoms with Crippen molar-refractivity contribution < 1.29 is 18.3 Å². The lowest BCUT2D eigenvalue weighted by atomic mass is 10.2. The Hall–Kier alpha value is -1.13. The molecule has 0 aromatic heterocycles. The van der Waals surface area contributed by atoms with Crippen molar-refractivity contribution in [2.45, 2.75) is 45.8 Å². The summed E-state index contributed by atoms with van der Waals surface area (Å²) in [6.45, 7) is 9.49. The Kier molecular flexibility index (Phi) is 5.41. The van der Waals surface area contributed by atoms with E-state index in [0.717, 1.165) is 4.90 Å². The van der Waals surface area contributed by atoms with Crippen LogP contribution in [-0.4, -0.2) is 35.6 Å². The lowest BCUT2D eigenvalue weighted by Crippen LogP contribution is -2.43. The van der Waals surface area contributed by atoms with Gasteiger partial charge in [0.2, 0.25) is 0 Å². The SMILES string of the molecule is C=C[C@H](C)N(CC(F)F)C(=O)OC(C)(C)C. The van der Waals surface area contributed by atoms with Crippen LogP contribution < -0.4 is 0 Å². The molecule has 0 bridgehead atoms. The van der Waals surface area contributed by atoms with E-state index < -0.39 is 30.7 Å². The van der Waals surface area contributed by atoms with Crippen LogP contribution >= 0.6 is 0 Å². The lowest BCUT2D eigenvalue weighted by Gasteiger charge is -2.30. The smallest absolute Gasteiger partial charge is 0.410 e. The number of alkyl halides is 2. The van der Waals surface area contributed by atoms with Gasteiger partial charge in [0.25, 0.3) is 6.43 Å². The number of rotatable bonds is 4. The Morgan fingerprint density at radius 2 is 2.00 bits per heavy atom. The highest BCUT2D eigenvalue weighted by Gasteiger charge is 2.26. The third kappa shape index (κ3) is 5.68. The molecular weight excluding hydrogens is 216 g/mol. The van der Waals surface area contributed by atoms with E-state index in [2.05, 4.69) is 6.58 Å². The highest BCUT2D eigenvalue weighted by molar-refractivity contribution is 5.68. The predicted octanol–water partition coefficient (Wildman–Crippen LogP) is 3.06. The summed E-state index contributed by atoms with van der Waals surface area (Å²) in [5, 5.41) is 0. The van der Waals surface area contributed by atoms with E-state index in [9.17, 15) is 13.6 Å². The van der Waals surface area contributed by atoms with Gasteiger partial charge in [-0.3, -0.25) is 4.90 Å². The van der Waals surface area contributed by atoms with Crippen molar-refractivity contribution in [1.29, 1.82) is 0 Å². The van der Waals surface area contributed by atoms with Crippen molar-refractivity contribution in [2.75, 3.05) is 6.54 Å². The molecule has 0 N–H and O–H groups in total. The molecule has 0 aliphatic rings. The van der Waals surface area contributed by atoms with Crippen LogP contribution in [0.15, 0.2) is 12.7 Å². The van der Waals surface area contributed by atoms with Crippen LogP contribution in [-0.2, 0) is 4.74 Å². The van der Waals surface area contributed by atoms with Crippen LogP contribution in [0.1, 0.15) is 27.7 Å². The Bertz CT molecular complexity index is 249. The Morgan fingerprint density at radius 3 is 2.31 bits per heavy atom. The van der Waals surface area contributed by atoms with Gasteiger partial charge >= 0.3 is 6.09 Å². The topological polar surface area (TPSA) is 29.5 Å². The summed E-state index contributed by atoms with van der Waals surface area (Å²) in [7, 11) is 0. The fraction of sp³-hybridized carbons (Fsp3) is 0.727. The van der Waals surface area contributed by atoms with Gasteiger partial charge in [0.1, 0.15) is 5.60 Å². The quantitative estimate of drug-likeness (QED) is 0.701. The molecule has 0 saturated carbocycles. The molecule has 0 aromatic carbocycles. The number of hydrogen-bond acceptors (Lipinski definition) is 2. The van der Waals surface area contributed by atoms with Crippen molar-refractivity contribution in [1.82, 2.24) is 4.90 Å². The molecule has 16 heavy (non-hydrogen) atoms. The van der Waals surface area contributed by atoms with Crippen LogP contribution in [0.2, 0.25) is 0 Å². The molecule has 0 rings (SSSR count). The van der Waals surface area contributed by atoms with E-state index in [1.165, 1.54) is 6.08 Å². The van der Waals surface area contributed by atoms with E-state index in [0.29, 0.717) is 0 Å². The zero-order chi connectivity index (χ0) is 12.9. The number of ether oxygens (including phenoxy) is 1. The first kappa shape index (κ1) is 14.9. The second-order valence-electron chi connectivity index (χ2n) is 4.50. The number of amides is 1. The van der Waals surface area contributed by atoms with Crippen molar-refractivity contribution in [3.05, 3.63) is 12.7 Å². The molecule has 0 aliphatic heterocycles. The second-order valence-corrected chi connectivity index (χ2v) is 4.50. The number of halogens is 2. The summed E-state index contributed by atoms with van der Waals surface area (Å²) in [4.78, 5) is 12.6. The predicted molar refractivity (Wildman–Crippen MR) is 58.6 cm³/mol. The Morgan fingerprint density at radius 1 is 1.50 bits per heavy atom. The molecule has 0 saturated heterocycles. The van der Waals surface area contributed by atoms with Crippen molar-refractivity contribution in [2.24, 2.45) is 0 Å². The first-order valence-corrected chi connectivity index (χ1v) is 5.07. The van der Waals surface area contributed by atoms with Gasteiger partial charge in [0.05, 0.1) is 12.6 Å². The van der Waals surface area contributed by atoms with E-state index >= 15 is 0 Å². The normalized spacial score (nSPS) is 13.4. The Balaban J connectivity index is 4.63. The molecule has 1 atom stereocenters. The zero-order valence-corrected chi connectivity index (χ0v) is 10.2. The maximum absolute atomic E-state index is 12.3. The number of hydrogen-bond donors (Lipinski definition) is 0. The number of carbonyl (C=O) groups is 1. The van der Waals surface area contributed by atoms with Gasteiger partial charge in [-0.05, 0) is 27.7 Å². The monoisotopic (exact) mass is 235 g/mol. The van der Waals surface area contributed by atoms with Gasteiger partial charge in [0.15, 0.2) is 0 Å². The average molecular weight is 235 g/mol. The first-order valence-electron chi connectivity index (χ1n) is 5.07. The molecule has 1 amide bonds. The van der Waals surface area contributed by atoms with Gasteiger partial charge < -0.3 is 4.74 Å². The summed E-state index contributed by atoms with van der Waals surface area (Å²) in [5.41, 5.74) is -0.696. The second kappa shape index (κ2) is 5.82. The molecular formula is C11H19F2NO2. The van der Waals surface area contributed by atoms with Crippen LogP contribution in [0, 0.1) is 0 Å². The summed E-state index contributed by atoms with van der Waals surface area (Å²) >= 11 is 0. The van der Waals surface area contributed by atoms with E-state index in [4.69, 9.17) is 4.74 Å². The molecule has 0 unspecified atom stereocenters. The molecule has 94 valence electrons. The van der Waals surface area contributed by atoms with Crippen molar-refractivity contribution >= 4 is 6.09 Å². The van der Waals surface area contributed by atoms with E-state index in [-0.39, 0.29) is 0 Å². The van der Waals surface area contributed by atoms with E-state index in [1.54, 1.807) is 27.7 Å². The van der Waals surface area contributed by atoms with Gasteiger partial charge in [-0.2, -0.15) is 0 Å². The molecule has 0 aliphatic carbocycles. The van der Waals surface area contributed by atoms with Gasteiger partial charge in [0, 0.05) is 0 Å². The average Bonchev–Trinajstić information content (AvgIpc) is 2.09. The lowest BCUT2D eigenvalue weighted by molar-refractivity contribution is 0.00542. The minimum Gasteiger partial charge on any atom is -0.444 e. The van der Waals surface area contributed by atoms with Gasteiger partial charge in [-0.25, -0.2) is 13.6 Å². The summed E-state index contributed by atoms with van der Waals surface area (Å²) < 4.78 is 29.6. The highest BCUT2D eigenvalue weighted by atomic mass is 19.3. The first-order chi connectivity index (χ1) is 7.17. The highest BCUT2D eigenvalue weighted by Crippen LogP contribution is 2.13. The minimum absolute atomic E-state index is 0.483. The standard InChI is InChI=1S/C11H19F2NO2/c1-6-8(2)14(7-9(12)13)10(15)16-11(3,4)5/h6,8-9H,1,7H2,2-5H3/t8-/m0/s1. The van der Waals surface area contributed by atoms with Crippen LogP contribution in [0.3, 0.4) is 0 Å². The molecule has 3 nitrogen and oxygen atoms in total. The molecule has 0 radical (unpaired) electrons. The van der Waals surface area contributed by atoms with Crippen LogP contribution in [0.25, 0.3) is 0 Å². The van der Waals surface area contributed by atoms with Crippen molar-refractivity contribution in [3.8, 4) is 0 Å². The van der Waals surface area contributed by atoms with E-state index in [1.807, 2.05) is 0 Å². The maximum Gasteiger partial charge on any atom is 0.410 e. The third-order valence-corrected chi connectivity index (χ3v) is 1.80. The number of nitrogens with zero attached hydrogens (tertiary/aromatic N) is 1. The van der Waals surface area contributed by atoms with Crippen LogP contribution in [0.5, 0.6) is 0 Å². The van der Waals surface area contributed by atoms with Gasteiger partial charge in [-0.1, -0.05) is 6.08 Å². The minimum atomic E-state index is -2.59. The largest absolute Gasteiger partial charge is 0.444 e. The summed E-state index contributed by atoms with van der Waals surface area (Å²) in [6, 6.07) is -0.483. The Labute approximate surface area is 95.1 Å². The molecule has 0 fully saturated rings. The zero-order valence-electron chi connectivity index (χ0n) is 10.2. The summed E-state index contributed by atoms with van der Waals surface area (Å²) in [5.74, 6) is 0. The maximum atomic E-state index is 12.3. The molecule has 0 aromatic rings.